The van der Waals surface area contributed by atoms with Gasteiger partial charge in [-0.3, -0.25) is 14.9 Å². The average Bonchev–Trinajstić information content (AvgIpc) is 2.53. The summed E-state index contributed by atoms with van der Waals surface area (Å²) in [6.45, 7) is 1.41. The van der Waals surface area contributed by atoms with Crippen LogP contribution in [0.15, 0.2) is 53.4 Å². The zero-order valence-electron chi connectivity index (χ0n) is 13.0. The standard InChI is InChI=1S/C16H13ClN2O5S/c1-11-10-14(19(21)22)7-8-15(11)25(23,24)18-16(20)9-4-12-2-5-13(17)6-3-12/h2-10H,1H3,(H,18,20)/b9-4+. The molecule has 0 spiro atoms. The van der Waals surface area contributed by atoms with Crippen molar-refractivity contribution in [3.8, 4) is 0 Å². The third-order valence-electron chi connectivity index (χ3n) is 3.19. The average molecular weight is 381 g/mol. The maximum Gasteiger partial charge on any atom is 0.269 e. The van der Waals surface area contributed by atoms with Gasteiger partial charge in [-0.1, -0.05) is 23.7 Å². The van der Waals surface area contributed by atoms with E-state index in [-0.39, 0.29) is 16.1 Å². The number of carbonyl (C=O) groups excluding carboxylic acids is 1. The summed E-state index contributed by atoms with van der Waals surface area (Å²) in [5.41, 5.74) is 0.602. The number of rotatable bonds is 5. The van der Waals surface area contributed by atoms with Gasteiger partial charge in [-0.25, -0.2) is 13.1 Å². The summed E-state index contributed by atoms with van der Waals surface area (Å²) >= 11 is 5.75. The molecule has 2 aromatic carbocycles. The summed E-state index contributed by atoms with van der Waals surface area (Å²) in [6.07, 6.45) is 2.51. The molecule has 0 aromatic heterocycles. The van der Waals surface area contributed by atoms with Gasteiger partial charge in [0, 0.05) is 23.2 Å². The first-order chi connectivity index (χ1) is 11.7. The monoisotopic (exact) mass is 380 g/mol. The first-order valence-corrected chi connectivity index (χ1v) is 8.80. The van der Waals surface area contributed by atoms with Crippen molar-refractivity contribution in [3.05, 3.63) is 74.8 Å². The van der Waals surface area contributed by atoms with Crippen molar-refractivity contribution in [2.75, 3.05) is 0 Å². The molecule has 9 heteroatoms. The van der Waals surface area contributed by atoms with Crippen LogP contribution in [-0.2, 0) is 14.8 Å². The predicted molar refractivity (Wildman–Crippen MR) is 93.6 cm³/mol. The molecule has 0 unspecified atom stereocenters. The molecule has 0 fully saturated rings. The second kappa shape index (κ2) is 7.45. The van der Waals surface area contributed by atoms with Crippen molar-refractivity contribution in [2.24, 2.45) is 0 Å². The maximum absolute atomic E-state index is 12.2. The molecule has 1 amide bonds. The Labute approximate surface area is 149 Å². The molecule has 25 heavy (non-hydrogen) atoms. The van der Waals surface area contributed by atoms with Crippen LogP contribution in [0.25, 0.3) is 6.08 Å². The van der Waals surface area contributed by atoms with Gasteiger partial charge >= 0.3 is 0 Å². The van der Waals surface area contributed by atoms with Crippen LogP contribution >= 0.6 is 11.6 Å². The third-order valence-corrected chi connectivity index (χ3v) is 4.95. The van der Waals surface area contributed by atoms with E-state index in [9.17, 15) is 23.3 Å². The van der Waals surface area contributed by atoms with Crippen molar-refractivity contribution in [2.45, 2.75) is 11.8 Å². The number of hydrogen-bond acceptors (Lipinski definition) is 5. The lowest BCUT2D eigenvalue weighted by molar-refractivity contribution is -0.385. The van der Waals surface area contributed by atoms with Crippen molar-refractivity contribution in [1.82, 2.24) is 4.72 Å². The Morgan fingerprint density at radius 2 is 1.84 bits per heavy atom. The zero-order valence-corrected chi connectivity index (χ0v) is 14.5. The normalized spacial score (nSPS) is 11.4. The lowest BCUT2D eigenvalue weighted by Crippen LogP contribution is -2.29. The molecular weight excluding hydrogens is 368 g/mol. The van der Waals surface area contributed by atoms with Crippen molar-refractivity contribution < 1.29 is 18.1 Å². The number of nitrogens with zero attached hydrogens (tertiary/aromatic N) is 1. The van der Waals surface area contributed by atoms with E-state index >= 15 is 0 Å². The molecule has 0 radical (unpaired) electrons. The Bertz CT molecular complexity index is 953. The molecule has 0 saturated heterocycles. The third kappa shape index (κ3) is 4.88. The van der Waals surface area contributed by atoms with E-state index in [0.717, 1.165) is 24.3 Å². The number of amides is 1. The number of benzene rings is 2. The number of aryl methyl sites for hydroxylation is 1. The number of nitro benzene ring substituents is 1. The van der Waals surface area contributed by atoms with Gasteiger partial charge in [-0.2, -0.15) is 0 Å². The highest BCUT2D eigenvalue weighted by Gasteiger charge is 2.20. The minimum Gasteiger partial charge on any atom is -0.269 e. The van der Waals surface area contributed by atoms with Crippen LogP contribution < -0.4 is 4.72 Å². The van der Waals surface area contributed by atoms with E-state index in [1.165, 1.54) is 13.0 Å². The van der Waals surface area contributed by atoms with Gasteiger partial charge in [0.2, 0.25) is 0 Å². The molecule has 0 heterocycles. The highest BCUT2D eigenvalue weighted by atomic mass is 35.5. The first kappa shape index (κ1) is 18.6. The van der Waals surface area contributed by atoms with E-state index in [4.69, 9.17) is 11.6 Å². The van der Waals surface area contributed by atoms with Gasteiger partial charge in [-0.05, 0) is 42.3 Å². The lowest BCUT2D eigenvalue weighted by Gasteiger charge is -2.07. The SMILES string of the molecule is Cc1cc([N+](=O)[O-])ccc1S(=O)(=O)NC(=O)/C=C/c1ccc(Cl)cc1. The van der Waals surface area contributed by atoms with Crippen LogP contribution in [-0.4, -0.2) is 19.2 Å². The molecular formula is C16H13ClN2O5S. The molecule has 2 aromatic rings. The van der Waals surface area contributed by atoms with Gasteiger partial charge in [0.25, 0.3) is 21.6 Å². The van der Waals surface area contributed by atoms with Gasteiger partial charge < -0.3 is 0 Å². The summed E-state index contributed by atoms with van der Waals surface area (Å²) in [5, 5.41) is 11.2. The highest BCUT2D eigenvalue weighted by molar-refractivity contribution is 7.90. The van der Waals surface area contributed by atoms with Crippen LogP contribution in [0.4, 0.5) is 5.69 Å². The fourth-order valence-electron chi connectivity index (χ4n) is 2.02. The molecule has 130 valence electrons. The largest absolute Gasteiger partial charge is 0.269 e. The smallest absolute Gasteiger partial charge is 0.269 e. The number of nitrogens with one attached hydrogen (secondary N) is 1. The number of halogens is 1. The number of non-ortho nitro benzene ring substituents is 1. The number of carbonyl (C=O) groups is 1. The Hall–Kier alpha value is -2.71. The number of sulfonamides is 1. The molecule has 1 N–H and O–H groups in total. The Kier molecular flexibility index (Phi) is 5.55. The van der Waals surface area contributed by atoms with Gasteiger partial charge in [0.1, 0.15) is 0 Å². The fraction of sp³-hybridized carbons (Fsp3) is 0.0625. The van der Waals surface area contributed by atoms with Crippen molar-refractivity contribution in [1.29, 1.82) is 0 Å². The molecule has 7 nitrogen and oxygen atoms in total. The van der Waals surface area contributed by atoms with Gasteiger partial charge in [-0.15, -0.1) is 0 Å². The van der Waals surface area contributed by atoms with Crippen molar-refractivity contribution >= 4 is 39.3 Å². The highest BCUT2D eigenvalue weighted by Crippen LogP contribution is 2.21. The van der Waals surface area contributed by atoms with Crippen LogP contribution in [0.1, 0.15) is 11.1 Å². The second-order valence-electron chi connectivity index (χ2n) is 5.06. The van der Waals surface area contributed by atoms with Crippen LogP contribution in [0, 0.1) is 17.0 Å². The summed E-state index contributed by atoms with van der Waals surface area (Å²) < 4.78 is 26.4. The summed E-state index contributed by atoms with van der Waals surface area (Å²) in [5.74, 6) is -0.840. The van der Waals surface area contributed by atoms with Crippen LogP contribution in [0.3, 0.4) is 0 Å². The lowest BCUT2D eigenvalue weighted by atomic mass is 10.2. The zero-order chi connectivity index (χ0) is 18.6. The summed E-state index contributed by atoms with van der Waals surface area (Å²) in [7, 11) is -4.14. The second-order valence-corrected chi connectivity index (χ2v) is 7.15. The van der Waals surface area contributed by atoms with Crippen molar-refractivity contribution in [3.63, 3.8) is 0 Å². The first-order valence-electron chi connectivity index (χ1n) is 6.94. The number of nitro groups is 1. The minimum absolute atomic E-state index is 0.163. The topological polar surface area (TPSA) is 106 Å². The molecule has 0 aliphatic rings. The Balaban J connectivity index is 2.16. The van der Waals surface area contributed by atoms with E-state index in [1.54, 1.807) is 24.3 Å². The molecule has 2 rings (SSSR count). The molecule has 0 bridgehead atoms. The quantitative estimate of drug-likeness (QED) is 0.487. The predicted octanol–water partition coefficient (Wildman–Crippen LogP) is 3.07. The van der Waals surface area contributed by atoms with Gasteiger partial charge in [0.15, 0.2) is 0 Å². The fourth-order valence-corrected chi connectivity index (χ4v) is 3.31. The van der Waals surface area contributed by atoms with E-state index in [0.29, 0.717) is 10.6 Å². The van der Waals surface area contributed by atoms with Crippen LogP contribution in [0.2, 0.25) is 5.02 Å². The van der Waals surface area contributed by atoms with E-state index in [2.05, 4.69) is 0 Å². The molecule has 0 atom stereocenters. The summed E-state index contributed by atoms with van der Waals surface area (Å²) in [4.78, 5) is 21.7. The van der Waals surface area contributed by atoms with Crippen LogP contribution in [0.5, 0.6) is 0 Å². The van der Waals surface area contributed by atoms with E-state index in [1.807, 2.05) is 4.72 Å². The Morgan fingerprint density at radius 3 is 2.40 bits per heavy atom. The molecule has 0 aliphatic carbocycles. The number of hydrogen-bond donors (Lipinski definition) is 1. The Morgan fingerprint density at radius 1 is 1.20 bits per heavy atom. The molecule has 0 aliphatic heterocycles. The van der Waals surface area contributed by atoms with Gasteiger partial charge in [0.05, 0.1) is 9.82 Å². The maximum atomic E-state index is 12.2. The minimum atomic E-state index is -4.14. The molecule has 0 saturated carbocycles. The summed E-state index contributed by atoms with van der Waals surface area (Å²) in [6, 6.07) is 9.89. The van der Waals surface area contributed by atoms with E-state index < -0.39 is 20.9 Å².